The van der Waals surface area contributed by atoms with Crippen LogP contribution in [0.2, 0.25) is 0 Å². The van der Waals surface area contributed by atoms with Gasteiger partial charge >= 0.3 is 0 Å². The maximum atomic E-state index is 4.60. The summed E-state index contributed by atoms with van der Waals surface area (Å²) in [7, 11) is 0. The molecule has 13 heavy (non-hydrogen) atoms. The number of aromatic nitrogens is 2. The molecule has 1 aliphatic carbocycles. The number of aryl methyl sites for hydroxylation is 1. The van der Waals surface area contributed by atoms with Crippen LogP contribution in [-0.2, 0) is 6.54 Å². The summed E-state index contributed by atoms with van der Waals surface area (Å²) in [6.07, 6.45) is 1.36. The van der Waals surface area contributed by atoms with E-state index in [1.165, 1.54) is 6.42 Å². The fraction of sp³-hybridized carbons (Fsp3) is 0.778. The van der Waals surface area contributed by atoms with E-state index in [1.807, 2.05) is 6.92 Å². The van der Waals surface area contributed by atoms with E-state index in [2.05, 4.69) is 27.2 Å². The molecule has 2 rings (SSSR count). The summed E-state index contributed by atoms with van der Waals surface area (Å²) >= 11 is 0. The van der Waals surface area contributed by atoms with Crippen molar-refractivity contribution in [2.75, 3.05) is 6.54 Å². The van der Waals surface area contributed by atoms with Crippen molar-refractivity contribution in [3.8, 4) is 0 Å². The van der Waals surface area contributed by atoms with Gasteiger partial charge in [-0.3, -0.25) is 0 Å². The minimum absolute atomic E-state index is 0.776. The van der Waals surface area contributed by atoms with Gasteiger partial charge < -0.3 is 5.32 Å². The predicted molar refractivity (Wildman–Crippen MR) is 48.0 cm³/mol. The monoisotopic (exact) mass is 181 g/mol. The minimum Gasteiger partial charge on any atom is -0.311 e. The van der Waals surface area contributed by atoms with Crippen molar-refractivity contribution in [3.63, 3.8) is 0 Å². The largest absolute Gasteiger partial charge is 0.311 e. The summed E-state index contributed by atoms with van der Waals surface area (Å²) in [6.45, 7) is 6.06. The van der Waals surface area contributed by atoms with Crippen molar-refractivity contribution < 1.29 is 4.63 Å². The zero-order chi connectivity index (χ0) is 9.26. The Morgan fingerprint density at radius 3 is 2.85 bits per heavy atom. The molecule has 1 aromatic heterocycles. The van der Waals surface area contributed by atoms with Crippen LogP contribution in [0.3, 0.4) is 0 Å². The molecule has 4 heteroatoms. The van der Waals surface area contributed by atoms with Gasteiger partial charge in [0.05, 0.1) is 0 Å². The molecule has 0 aromatic carbocycles. The van der Waals surface area contributed by atoms with Crippen molar-refractivity contribution in [1.82, 2.24) is 15.6 Å². The van der Waals surface area contributed by atoms with E-state index in [0.29, 0.717) is 0 Å². The molecule has 1 aromatic rings. The first-order valence-electron chi connectivity index (χ1n) is 4.76. The Bertz CT molecular complexity index is 284. The molecule has 2 unspecified atom stereocenters. The van der Waals surface area contributed by atoms with Gasteiger partial charge in [-0.25, -0.2) is 4.63 Å². The maximum absolute atomic E-state index is 4.60. The van der Waals surface area contributed by atoms with Crippen molar-refractivity contribution >= 4 is 0 Å². The van der Waals surface area contributed by atoms with Gasteiger partial charge in [0.15, 0.2) is 0 Å². The summed E-state index contributed by atoms with van der Waals surface area (Å²) in [5.41, 5.74) is 1.81. The van der Waals surface area contributed by atoms with Gasteiger partial charge in [-0.15, -0.1) is 0 Å². The molecule has 1 heterocycles. The van der Waals surface area contributed by atoms with E-state index < -0.39 is 0 Å². The molecule has 1 saturated carbocycles. The highest BCUT2D eigenvalue weighted by atomic mass is 16.6. The molecule has 4 nitrogen and oxygen atoms in total. The Balaban J connectivity index is 1.71. The van der Waals surface area contributed by atoms with Crippen LogP contribution in [-0.4, -0.2) is 16.9 Å². The van der Waals surface area contributed by atoms with Crippen LogP contribution >= 0.6 is 0 Å². The van der Waals surface area contributed by atoms with Crippen molar-refractivity contribution in [2.45, 2.75) is 26.8 Å². The second kappa shape index (κ2) is 3.46. The third-order valence-electron chi connectivity index (χ3n) is 2.72. The van der Waals surface area contributed by atoms with Crippen LogP contribution in [0.4, 0.5) is 0 Å². The number of nitrogens with zero attached hydrogens (tertiary/aromatic N) is 2. The van der Waals surface area contributed by atoms with E-state index in [-0.39, 0.29) is 0 Å². The molecule has 0 saturated heterocycles. The van der Waals surface area contributed by atoms with E-state index in [0.717, 1.165) is 36.3 Å². The summed E-state index contributed by atoms with van der Waals surface area (Å²) in [5.74, 6) is 1.78. The first kappa shape index (κ1) is 8.69. The quantitative estimate of drug-likeness (QED) is 0.756. The van der Waals surface area contributed by atoms with Gasteiger partial charge in [0, 0.05) is 6.54 Å². The molecule has 1 N–H and O–H groups in total. The molecule has 0 amide bonds. The Kier molecular flexibility index (Phi) is 2.31. The number of nitrogens with one attached hydrogen (secondary N) is 1. The van der Waals surface area contributed by atoms with E-state index in [1.54, 1.807) is 0 Å². The SMILES string of the molecule is Cc1nonc1CNCC1CC1C. The fourth-order valence-corrected chi connectivity index (χ4v) is 1.47. The van der Waals surface area contributed by atoms with E-state index in [9.17, 15) is 0 Å². The smallest absolute Gasteiger partial charge is 0.121 e. The van der Waals surface area contributed by atoms with E-state index in [4.69, 9.17) is 0 Å². The third-order valence-corrected chi connectivity index (χ3v) is 2.72. The standard InChI is InChI=1S/C9H15N3O/c1-6-3-8(6)4-10-5-9-7(2)11-13-12-9/h6,8,10H,3-5H2,1-2H3. The lowest BCUT2D eigenvalue weighted by atomic mass is 10.3. The second-order valence-electron chi connectivity index (χ2n) is 3.90. The average molecular weight is 181 g/mol. The molecule has 2 atom stereocenters. The van der Waals surface area contributed by atoms with Crippen LogP contribution in [0.15, 0.2) is 4.63 Å². The highest BCUT2D eigenvalue weighted by Crippen LogP contribution is 2.36. The normalized spacial score (nSPS) is 26.3. The van der Waals surface area contributed by atoms with Gasteiger partial charge in [0.1, 0.15) is 11.4 Å². The first-order valence-corrected chi connectivity index (χ1v) is 4.76. The topological polar surface area (TPSA) is 51.0 Å². The highest BCUT2D eigenvalue weighted by molar-refractivity contribution is 5.03. The zero-order valence-corrected chi connectivity index (χ0v) is 8.08. The van der Waals surface area contributed by atoms with Gasteiger partial charge in [0.25, 0.3) is 0 Å². The van der Waals surface area contributed by atoms with Crippen LogP contribution in [0.1, 0.15) is 24.7 Å². The molecule has 0 aliphatic heterocycles. The highest BCUT2D eigenvalue weighted by Gasteiger charge is 2.31. The Hall–Kier alpha value is -0.900. The zero-order valence-electron chi connectivity index (χ0n) is 8.08. The molecule has 72 valence electrons. The fourth-order valence-electron chi connectivity index (χ4n) is 1.47. The number of hydrogen-bond acceptors (Lipinski definition) is 4. The predicted octanol–water partition coefficient (Wildman–Crippen LogP) is 1.12. The summed E-state index contributed by atoms with van der Waals surface area (Å²) < 4.78 is 4.60. The number of hydrogen-bond donors (Lipinski definition) is 1. The number of rotatable bonds is 4. The first-order chi connectivity index (χ1) is 6.27. The van der Waals surface area contributed by atoms with Crippen molar-refractivity contribution in [3.05, 3.63) is 11.4 Å². The van der Waals surface area contributed by atoms with Crippen LogP contribution < -0.4 is 5.32 Å². The lowest BCUT2D eigenvalue weighted by molar-refractivity contribution is 0.300. The van der Waals surface area contributed by atoms with Gasteiger partial charge in [-0.05, 0) is 31.7 Å². The van der Waals surface area contributed by atoms with Gasteiger partial charge in [-0.2, -0.15) is 0 Å². The Morgan fingerprint density at radius 1 is 1.54 bits per heavy atom. The molecular formula is C9H15N3O. The molecule has 0 radical (unpaired) electrons. The van der Waals surface area contributed by atoms with Crippen molar-refractivity contribution in [2.24, 2.45) is 11.8 Å². The Morgan fingerprint density at radius 2 is 2.31 bits per heavy atom. The Labute approximate surface area is 77.7 Å². The molecular weight excluding hydrogens is 166 g/mol. The molecule has 0 spiro atoms. The van der Waals surface area contributed by atoms with Gasteiger partial charge in [-0.1, -0.05) is 17.2 Å². The molecule has 0 bridgehead atoms. The van der Waals surface area contributed by atoms with E-state index >= 15 is 0 Å². The average Bonchev–Trinajstić information content (AvgIpc) is 2.63. The minimum atomic E-state index is 0.776. The third kappa shape index (κ3) is 2.06. The van der Waals surface area contributed by atoms with Crippen LogP contribution in [0.5, 0.6) is 0 Å². The molecule has 1 fully saturated rings. The van der Waals surface area contributed by atoms with Crippen LogP contribution in [0.25, 0.3) is 0 Å². The summed E-state index contributed by atoms with van der Waals surface area (Å²) in [6, 6.07) is 0. The molecule has 1 aliphatic rings. The lowest BCUT2D eigenvalue weighted by Gasteiger charge is -1.99. The van der Waals surface area contributed by atoms with Crippen LogP contribution in [0, 0.1) is 18.8 Å². The summed E-state index contributed by atoms with van der Waals surface area (Å²) in [5, 5.41) is 10.9. The second-order valence-corrected chi connectivity index (χ2v) is 3.90. The van der Waals surface area contributed by atoms with Gasteiger partial charge in [0.2, 0.25) is 0 Å². The maximum Gasteiger partial charge on any atom is 0.121 e. The van der Waals surface area contributed by atoms with Crippen molar-refractivity contribution in [1.29, 1.82) is 0 Å². The lowest BCUT2D eigenvalue weighted by Crippen LogP contribution is -2.17. The summed E-state index contributed by atoms with van der Waals surface area (Å²) in [4.78, 5) is 0.